The van der Waals surface area contributed by atoms with E-state index in [4.69, 9.17) is 0 Å². The number of nitrogens with one attached hydrogen (secondary N) is 2. The molecule has 0 bridgehead atoms. The molecule has 2 heterocycles. The Hall–Kier alpha value is -1.91. The summed E-state index contributed by atoms with van der Waals surface area (Å²) in [6, 6.07) is 0. The fourth-order valence-corrected chi connectivity index (χ4v) is 2.18. The molecule has 88 valence electrons. The van der Waals surface area contributed by atoms with Gasteiger partial charge in [-0.05, 0) is 25.2 Å². The Kier molecular flexibility index (Phi) is 2.73. The van der Waals surface area contributed by atoms with Gasteiger partial charge in [0.05, 0.1) is 6.33 Å². The normalized spacial score (nSPS) is 19.6. The molecule has 0 amide bonds. The first kappa shape index (κ1) is 10.3. The largest absolute Gasteiger partial charge is 0.368 e. The highest BCUT2D eigenvalue weighted by atomic mass is 15.1. The van der Waals surface area contributed by atoms with Crippen LogP contribution in [-0.2, 0) is 0 Å². The predicted molar refractivity (Wildman–Crippen MR) is 66.7 cm³/mol. The number of anilines is 1. The third-order valence-corrected chi connectivity index (χ3v) is 3.16. The summed E-state index contributed by atoms with van der Waals surface area (Å²) in [7, 11) is 0. The minimum Gasteiger partial charge on any atom is -0.368 e. The van der Waals surface area contributed by atoms with Gasteiger partial charge in [-0.3, -0.25) is 0 Å². The van der Waals surface area contributed by atoms with Gasteiger partial charge in [-0.25, -0.2) is 15.0 Å². The monoisotopic (exact) mass is 229 g/mol. The van der Waals surface area contributed by atoms with E-state index in [0.717, 1.165) is 24.3 Å². The zero-order valence-electron chi connectivity index (χ0n) is 9.56. The molecule has 0 radical (unpaired) electrons. The first-order valence-corrected chi connectivity index (χ1v) is 5.96. The molecule has 1 aliphatic carbocycles. The van der Waals surface area contributed by atoms with E-state index in [-0.39, 0.29) is 0 Å². The molecule has 5 nitrogen and oxygen atoms in total. The minimum absolute atomic E-state index is 0.702. The maximum Gasteiger partial charge on any atom is 0.182 e. The number of aromatic nitrogens is 4. The summed E-state index contributed by atoms with van der Waals surface area (Å²) in [6.07, 6.45) is 11.3. The van der Waals surface area contributed by atoms with Crippen molar-refractivity contribution < 1.29 is 0 Å². The molecule has 0 aromatic carbocycles. The summed E-state index contributed by atoms with van der Waals surface area (Å²) in [5.41, 5.74) is 1.60. The number of hydrogen-bond acceptors (Lipinski definition) is 4. The maximum absolute atomic E-state index is 4.25. The smallest absolute Gasteiger partial charge is 0.182 e. The molecule has 0 fully saturated rings. The Bertz CT molecular complexity index is 530. The Morgan fingerprint density at radius 2 is 2.29 bits per heavy atom. The highest BCUT2D eigenvalue weighted by molar-refractivity contribution is 5.81. The number of nitrogens with zero attached hydrogens (tertiary/aromatic N) is 3. The second-order valence-electron chi connectivity index (χ2n) is 4.35. The fraction of sp³-hybridized carbons (Fsp3) is 0.417. The van der Waals surface area contributed by atoms with Gasteiger partial charge in [-0.2, -0.15) is 0 Å². The number of imidazole rings is 1. The highest BCUT2D eigenvalue weighted by Crippen LogP contribution is 2.20. The summed E-state index contributed by atoms with van der Waals surface area (Å²) in [4.78, 5) is 15.5. The molecular weight excluding hydrogens is 214 g/mol. The second-order valence-corrected chi connectivity index (χ2v) is 4.35. The van der Waals surface area contributed by atoms with Crippen LogP contribution in [0.4, 0.5) is 5.82 Å². The van der Waals surface area contributed by atoms with Crippen molar-refractivity contribution in [3.63, 3.8) is 0 Å². The first-order valence-electron chi connectivity index (χ1n) is 5.96. The van der Waals surface area contributed by atoms with Gasteiger partial charge in [0, 0.05) is 6.54 Å². The van der Waals surface area contributed by atoms with Gasteiger partial charge in [-0.1, -0.05) is 12.2 Å². The summed E-state index contributed by atoms with van der Waals surface area (Å²) in [5.74, 6) is 1.55. The van der Waals surface area contributed by atoms with Crippen LogP contribution in [-0.4, -0.2) is 26.5 Å². The van der Waals surface area contributed by atoms with E-state index in [9.17, 15) is 0 Å². The van der Waals surface area contributed by atoms with Crippen molar-refractivity contribution in [3.8, 4) is 0 Å². The molecule has 2 N–H and O–H groups in total. The molecule has 5 heteroatoms. The molecule has 3 rings (SSSR count). The van der Waals surface area contributed by atoms with Crippen LogP contribution in [0.1, 0.15) is 19.3 Å². The molecular formula is C12H15N5. The molecule has 17 heavy (non-hydrogen) atoms. The Labute approximate surface area is 99.4 Å². The summed E-state index contributed by atoms with van der Waals surface area (Å²) in [6.45, 7) is 0.954. The second kappa shape index (κ2) is 4.53. The first-order chi connectivity index (χ1) is 8.43. The summed E-state index contributed by atoms with van der Waals surface area (Å²) >= 11 is 0. The molecule has 1 unspecified atom stereocenters. The Morgan fingerprint density at radius 3 is 3.18 bits per heavy atom. The van der Waals surface area contributed by atoms with Gasteiger partial charge >= 0.3 is 0 Å². The number of fused-ring (bicyclic) bond motifs is 1. The zero-order chi connectivity index (χ0) is 11.5. The fourth-order valence-electron chi connectivity index (χ4n) is 2.18. The molecule has 0 saturated heterocycles. The van der Waals surface area contributed by atoms with Crippen LogP contribution in [0.15, 0.2) is 24.8 Å². The van der Waals surface area contributed by atoms with Gasteiger partial charge < -0.3 is 10.3 Å². The molecule has 0 saturated carbocycles. The van der Waals surface area contributed by atoms with E-state index >= 15 is 0 Å². The summed E-state index contributed by atoms with van der Waals surface area (Å²) in [5, 5.41) is 3.39. The average molecular weight is 229 g/mol. The van der Waals surface area contributed by atoms with E-state index in [2.05, 4.69) is 37.4 Å². The average Bonchev–Trinajstić information content (AvgIpc) is 2.86. The molecule has 0 spiro atoms. The van der Waals surface area contributed by atoms with Crippen LogP contribution in [0.2, 0.25) is 0 Å². The van der Waals surface area contributed by atoms with Gasteiger partial charge in [0.25, 0.3) is 0 Å². The van der Waals surface area contributed by atoms with Crippen molar-refractivity contribution in [2.45, 2.75) is 19.3 Å². The summed E-state index contributed by atoms with van der Waals surface area (Å²) < 4.78 is 0. The van der Waals surface area contributed by atoms with Gasteiger partial charge in [0.1, 0.15) is 11.8 Å². The molecule has 1 atom stereocenters. The van der Waals surface area contributed by atoms with Crippen LogP contribution >= 0.6 is 0 Å². The minimum atomic E-state index is 0.702. The topological polar surface area (TPSA) is 66.5 Å². The number of H-pyrrole nitrogens is 1. The lowest BCUT2D eigenvalue weighted by Gasteiger charge is -2.18. The van der Waals surface area contributed by atoms with Gasteiger partial charge in [0.2, 0.25) is 0 Å². The Morgan fingerprint density at radius 1 is 1.29 bits per heavy atom. The van der Waals surface area contributed by atoms with E-state index in [1.54, 1.807) is 12.7 Å². The van der Waals surface area contributed by atoms with Crippen molar-refractivity contribution in [3.05, 3.63) is 24.8 Å². The molecule has 0 aliphatic heterocycles. The number of aromatic amines is 1. The van der Waals surface area contributed by atoms with Crippen molar-refractivity contribution in [2.75, 3.05) is 11.9 Å². The number of hydrogen-bond donors (Lipinski definition) is 2. The standard InChI is InChI=1S/C12H15N5/c1-2-4-9(5-3-1)6-13-11-10-12(15-7-14-10)17-8-16-11/h1-2,7-9H,3-6H2,(H2,13,14,15,16,17). The Balaban J connectivity index is 1.72. The lowest BCUT2D eigenvalue weighted by molar-refractivity contribution is 0.504. The quantitative estimate of drug-likeness (QED) is 0.791. The highest BCUT2D eigenvalue weighted by Gasteiger charge is 2.11. The van der Waals surface area contributed by atoms with Crippen LogP contribution in [0.25, 0.3) is 11.2 Å². The zero-order valence-corrected chi connectivity index (χ0v) is 9.56. The van der Waals surface area contributed by atoms with Crippen molar-refractivity contribution in [2.24, 2.45) is 5.92 Å². The van der Waals surface area contributed by atoms with Crippen molar-refractivity contribution in [1.29, 1.82) is 0 Å². The van der Waals surface area contributed by atoms with E-state index in [1.807, 2.05) is 0 Å². The van der Waals surface area contributed by atoms with Crippen LogP contribution in [0.5, 0.6) is 0 Å². The SMILES string of the molecule is C1=CCC(CNc2ncnc3nc[nH]c23)CC1. The lowest BCUT2D eigenvalue weighted by atomic mass is 9.94. The third-order valence-electron chi connectivity index (χ3n) is 3.16. The molecule has 2 aromatic heterocycles. The maximum atomic E-state index is 4.25. The molecule has 1 aliphatic rings. The molecule has 2 aromatic rings. The number of rotatable bonds is 3. The van der Waals surface area contributed by atoms with Gasteiger partial charge in [-0.15, -0.1) is 0 Å². The van der Waals surface area contributed by atoms with Crippen LogP contribution in [0, 0.1) is 5.92 Å². The predicted octanol–water partition coefficient (Wildman–Crippen LogP) is 2.12. The van der Waals surface area contributed by atoms with Crippen molar-refractivity contribution >= 4 is 17.0 Å². The van der Waals surface area contributed by atoms with E-state index < -0.39 is 0 Å². The van der Waals surface area contributed by atoms with E-state index in [1.165, 1.54) is 12.8 Å². The van der Waals surface area contributed by atoms with E-state index in [0.29, 0.717) is 11.6 Å². The van der Waals surface area contributed by atoms with Crippen molar-refractivity contribution in [1.82, 2.24) is 19.9 Å². The van der Waals surface area contributed by atoms with Crippen LogP contribution in [0.3, 0.4) is 0 Å². The van der Waals surface area contributed by atoms with Crippen LogP contribution < -0.4 is 5.32 Å². The lowest BCUT2D eigenvalue weighted by Crippen LogP contribution is -2.16. The third kappa shape index (κ3) is 2.13. The van der Waals surface area contributed by atoms with Gasteiger partial charge in [0.15, 0.2) is 11.5 Å². The number of allylic oxidation sites excluding steroid dienone is 2.